The Kier molecular flexibility index (Phi) is 9.82. The Balaban J connectivity index is 1.43. The van der Waals surface area contributed by atoms with E-state index < -0.39 is 0 Å². The average Bonchev–Trinajstić information content (AvgIpc) is 3.87. The number of benzene rings is 8. The van der Waals surface area contributed by atoms with Crippen LogP contribution in [0.5, 0.6) is 0 Å². The second kappa shape index (κ2) is 14.6. The molecule has 8 aromatic carbocycles. The maximum atomic E-state index is 7.29. The Labute approximate surface area is 415 Å². The van der Waals surface area contributed by atoms with E-state index in [-0.39, 0.29) is 0 Å². The van der Waals surface area contributed by atoms with E-state index in [1.807, 2.05) is 0 Å². The first-order valence-corrected chi connectivity index (χ1v) is 24.8. The first-order valence-electron chi connectivity index (χ1n) is 24.8. The minimum Gasteiger partial charge on any atom is -0.453 e. The van der Waals surface area contributed by atoms with Gasteiger partial charge in [-0.15, -0.1) is 43.7 Å². The summed E-state index contributed by atoms with van der Waals surface area (Å²) < 4.78 is 14.4. The van der Waals surface area contributed by atoms with Crippen molar-refractivity contribution in [2.75, 3.05) is 0 Å². The predicted molar refractivity (Wildman–Crippen MR) is 371 cm³/mol. The maximum Gasteiger partial charge on any atom is 0.192 e. The van der Waals surface area contributed by atoms with E-state index in [1.54, 1.807) is 0 Å². The first kappa shape index (κ1) is 45.1. The molecule has 0 amide bonds. The van der Waals surface area contributed by atoms with Crippen molar-refractivity contribution >= 4 is 387 Å². The summed E-state index contributed by atoms with van der Waals surface area (Å²) in [6, 6.07) is 0. The van der Waals surface area contributed by atoms with Crippen LogP contribution in [0.4, 0.5) is 0 Å². The summed E-state index contributed by atoms with van der Waals surface area (Å²) in [7, 11) is 52.6. The van der Waals surface area contributed by atoms with Gasteiger partial charge in [0.1, 0.15) is 184 Å². The highest BCUT2D eigenvalue weighted by Gasteiger charge is 2.34. The molecule has 0 saturated heterocycles. The zero-order chi connectivity index (χ0) is 48.4. The topological polar surface area (TPSA) is 26.3 Å². The zero-order valence-corrected chi connectivity index (χ0v) is 44.5. The molecule has 0 aliphatic carbocycles. The third-order valence-electron chi connectivity index (χ3n) is 19.4. The summed E-state index contributed by atoms with van der Waals surface area (Å²) in [5.41, 5.74) is 42.1. The van der Waals surface area contributed by atoms with Gasteiger partial charge in [0, 0.05) is 21.5 Å². The Morgan fingerprint density at radius 1 is 0.179 bits per heavy atom. The van der Waals surface area contributed by atoms with Crippen LogP contribution < -0.4 is 131 Å². The molecule has 0 N–H and O–H groups in total. The van der Waals surface area contributed by atoms with Gasteiger partial charge in [-0.05, 0) is 54.6 Å². The van der Waals surface area contributed by atoms with Crippen LogP contribution in [0.2, 0.25) is 0 Å². The molecule has 0 atom stereocenters. The largest absolute Gasteiger partial charge is 0.453 e. The normalized spacial score (nSPS) is 12.4. The fourth-order valence-corrected chi connectivity index (χ4v) is 13.8. The highest BCUT2D eigenvalue weighted by Crippen LogP contribution is 2.42. The fourth-order valence-electron chi connectivity index (χ4n) is 13.8. The van der Waals surface area contributed by atoms with Crippen LogP contribution in [0, 0.1) is 0 Å². The molecule has 0 bridgehead atoms. The molecule has 0 saturated carbocycles. The number of hydrogen-bond acceptors (Lipinski definition) is 2. The molecule has 11 rings (SSSR count). The van der Waals surface area contributed by atoms with E-state index in [4.69, 9.17) is 8.83 Å². The Bertz CT molecular complexity index is 4140. The van der Waals surface area contributed by atoms with Crippen molar-refractivity contribution < 1.29 is 8.83 Å². The van der Waals surface area contributed by atoms with Crippen LogP contribution in [-0.2, 0) is 0 Å². The maximum absolute atomic E-state index is 7.29. The van der Waals surface area contributed by atoms with E-state index in [9.17, 15) is 0 Å². The molecule has 0 spiro atoms. The van der Waals surface area contributed by atoms with Crippen LogP contribution in [0.15, 0.2) is 8.83 Å². The molecule has 1 aliphatic heterocycles. The highest BCUT2D eigenvalue weighted by atomic mass is 16.4. The Hall–Kier alpha value is -4.37. The van der Waals surface area contributed by atoms with Crippen molar-refractivity contribution in [1.29, 1.82) is 0 Å². The van der Waals surface area contributed by atoms with Crippen molar-refractivity contribution in [1.82, 2.24) is 0 Å². The van der Waals surface area contributed by atoms with Crippen LogP contribution in [-0.4, -0.2) is 180 Å². The molecule has 0 fully saturated rings. The third kappa shape index (κ3) is 5.29. The lowest BCUT2D eigenvalue weighted by atomic mass is 9.50. The van der Waals surface area contributed by atoms with Crippen molar-refractivity contribution in [3.8, 4) is 22.3 Å². The van der Waals surface area contributed by atoms with Gasteiger partial charge in [-0.2, -0.15) is 0 Å². The molecular formula is C42H45B23O2. The van der Waals surface area contributed by atoms with Crippen molar-refractivity contribution in [3.05, 3.63) is 0 Å². The van der Waals surface area contributed by atoms with Gasteiger partial charge >= 0.3 is 0 Å². The minimum absolute atomic E-state index is 0.869. The number of fused-ring (bicyclic) bond motifs is 10. The van der Waals surface area contributed by atoms with Gasteiger partial charge in [-0.25, -0.2) is 0 Å². The first-order chi connectivity index (χ1) is 31.5. The molecule has 2 aromatic heterocycles. The summed E-state index contributed by atoms with van der Waals surface area (Å²) in [6.45, 7) is 0. The van der Waals surface area contributed by atoms with E-state index in [1.165, 1.54) is 207 Å². The molecule has 0 radical (unpaired) electrons. The van der Waals surface area contributed by atoms with Gasteiger partial charge < -0.3 is 8.83 Å². The molecule has 3 heterocycles. The van der Waals surface area contributed by atoms with E-state index in [0.717, 1.165) is 29.6 Å². The smallest absolute Gasteiger partial charge is 0.192 e. The van der Waals surface area contributed by atoms with Crippen LogP contribution >= 0.6 is 0 Å². The van der Waals surface area contributed by atoms with Gasteiger partial charge in [-0.1, -0.05) is 87.4 Å². The van der Waals surface area contributed by atoms with Crippen molar-refractivity contribution in [3.63, 3.8) is 0 Å². The van der Waals surface area contributed by atoms with E-state index in [2.05, 4.69) is 173 Å². The molecule has 25 heteroatoms. The molecule has 10 aromatic rings. The molecule has 67 heavy (non-hydrogen) atoms. The second-order valence-corrected chi connectivity index (χ2v) is 21.7. The lowest BCUT2D eigenvalue weighted by molar-refractivity contribution is 0.636. The zero-order valence-electron chi connectivity index (χ0n) is 44.5. The van der Waals surface area contributed by atoms with Gasteiger partial charge in [-0.3, -0.25) is 0 Å². The van der Waals surface area contributed by atoms with E-state index in [0.29, 0.717) is 0 Å². The average molecular weight is 830 g/mol. The van der Waals surface area contributed by atoms with Gasteiger partial charge in [0.2, 0.25) is 0 Å². The monoisotopic (exact) mass is 835 g/mol. The van der Waals surface area contributed by atoms with Crippen LogP contribution in [0.25, 0.3) is 98.4 Å². The Morgan fingerprint density at radius 3 is 0.910 bits per heavy atom. The summed E-state index contributed by atoms with van der Waals surface area (Å²) in [5, 5.41) is 13.4. The quantitative estimate of drug-likeness (QED) is 0.122. The predicted octanol–water partition coefficient (Wildman–Crippen LogP) is -28.3. The van der Waals surface area contributed by atoms with Gasteiger partial charge in [0.05, 0.1) is 0 Å². The second-order valence-electron chi connectivity index (χ2n) is 21.7. The molecule has 0 unspecified atom stereocenters. The molecule has 1 aliphatic rings. The summed E-state index contributed by atoms with van der Waals surface area (Å²) in [4.78, 5) is 0. The highest BCUT2D eigenvalue weighted by molar-refractivity contribution is 6.86. The van der Waals surface area contributed by atoms with Crippen LogP contribution in [0.1, 0.15) is 0 Å². The third-order valence-corrected chi connectivity index (χ3v) is 19.4. The number of furan rings is 2. The van der Waals surface area contributed by atoms with Crippen molar-refractivity contribution in [2.24, 2.45) is 0 Å². The fraction of sp³-hybridized carbons (Fsp3) is 0. The van der Waals surface area contributed by atoms with E-state index >= 15 is 0 Å². The van der Waals surface area contributed by atoms with Crippen molar-refractivity contribution in [2.45, 2.75) is 0 Å². The standard InChI is InChI=1S/C42H45B23O2/c43-15-9(22(50)35(63)39-11(15)13-23(51)24(52)14-12-25(53)29(57)32(60)36(64)40(12)67-42(14)41(13)66-39)2-4-3(16(44)27(55)28(56)17(4)45)1-5-8-10(20(48)26(54)18(5)46)21(49)31(59)34(62)38(8)65-37-7(1)6(2)19(47)30(58)33(37)61/h65H,43-64H2. The molecule has 294 valence electrons. The van der Waals surface area contributed by atoms with Gasteiger partial charge in [0.25, 0.3) is 0 Å². The number of rotatable bonds is 1. The number of hydrogen-bond donors (Lipinski definition) is 0. The Morgan fingerprint density at radius 2 is 0.448 bits per heavy atom. The lowest BCUT2D eigenvalue weighted by Crippen LogP contribution is -2.57. The lowest BCUT2D eigenvalue weighted by Gasteiger charge is -2.30. The summed E-state index contributed by atoms with van der Waals surface area (Å²) in [6.07, 6.45) is 0. The van der Waals surface area contributed by atoms with Gasteiger partial charge in [0.15, 0.2) is 18.4 Å². The summed E-state index contributed by atoms with van der Waals surface area (Å²) >= 11 is 0. The molecule has 2 nitrogen and oxygen atoms in total. The summed E-state index contributed by atoms with van der Waals surface area (Å²) in [5.74, 6) is 0. The molecular weight excluding hydrogens is 785 g/mol. The minimum atomic E-state index is 0.869. The van der Waals surface area contributed by atoms with Crippen LogP contribution in [0.3, 0.4) is 0 Å². The SMILES string of the molecule is Bc1c(B)c(B)c2c(oc3c4oc5c(B)c(B)c(-c6c7c(B)c(B)c(B)c(B)c7c7c8c(c(B)c(B)c(B)c68)Bc6c(B)c(B)c(B)c8c(B)c(B)c(B)c-7c68)c(B)c5c4c(B)c(B)c32)c1B.